The lowest BCUT2D eigenvalue weighted by molar-refractivity contribution is -0.137. The van der Waals surface area contributed by atoms with E-state index in [0.29, 0.717) is 12.5 Å². The van der Waals surface area contributed by atoms with Crippen molar-refractivity contribution < 1.29 is 19.0 Å². The number of methoxy groups -OCH3 is 2. The molecule has 2 aliphatic heterocycles. The number of ether oxygens (including phenoxy) is 3. The summed E-state index contributed by atoms with van der Waals surface area (Å²) in [5.41, 5.74) is 3.65. The lowest BCUT2D eigenvalue weighted by Gasteiger charge is -2.34. The first-order valence-electron chi connectivity index (χ1n) is 13.2. The van der Waals surface area contributed by atoms with Gasteiger partial charge in [-0.05, 0) is 68.6 Å². The Morgan fingerprint density at radius 2 is 1.69 bits per heavy atom. The number of benzene rings is 2. The van der Waals surface area contributed by atoms with Crippen LogP contribution in [-0.2, 0) is 24.4 Å². The van der Waals surface area contributed by atoms with Gasteiger partial charge in [0.2, 0.25) is 5.91 Å². The maximum atomic E-state index is 12.9. The summed E-state index contributed by atoms with van der Waals surface area (Å²) >= 11 is 0. The van der Waals surface area contributed by atoms with Gasteiger partial charge in [-0.15, -0.1) is 0 Å². The molecule has 1 amide bonds. The van der Waals surface area contributed by atoms with E-state index in [1.165, 1.54) is 11.1 Å². The van der Waals surface area contributed by atoms with Crippen LogP contribution in [0.5, 0.6) is 17.2 Å². The maximum absolute atomic E-state index is 12.9. The van der Waals surface area contributed by atoms with Gasteiger partial charge in [-0.1, -0.05) is 6.07 Å². The molecule has 2 aromatic rings. The highest BCUT2D eigenvalue weighted by molar-refractivity contribution is 5.79. The fraction of sp³-hybridized carbons (Fsp3) is 0.552. The quantitative estimate of drug-likeness (QED) is 0.520. The van der Waals surface area contributed by atoms with Crippen molar-refractivity contribution in [3.8, 4) is 17.2 Å². The highest BCUT2D eigenvalue weighted by Crippen LogP contribution is 2.29. The third-order valence-corrected chi connectivity index (χ3v) is 7.34. The van der Waals surface area contributed by atoms with Crippen LogP contribution >= 0.6 is 0 Å². The molecule has 36 heavy (non-hydrogen) atoms. The van der Waals surface area contributed by atoms with E-state index in [-0.39, 0.29) is 5.92 Å². The Morgan fingerprint density at radius 3 is 2.39 bits per heavy atom. The van der Waals surface area contributed by atoms with E-state index < -0.39 is 0 Å². The average molecular weight is 496 g/mol. The monoisotopic (exact) mass is 495 g/mol. The van der Waals surface area contributed by atoms with Crippen LogP contribution in [0.15, 0.2) is 36.4 Å². The van der Waals surface area contributed by atoms with Crippen molar-refractivity contribution in [2.75, 3.05) is 53.6 Å². The number of likely N-dealkylation sites (tertiary alicyclic amines) is 1. The van der Waals surface area contributed by atoms with Gasteiger partial charge in [-0.25, -0.2) is 0 Å². The number of piperidine rings is 1. The minimum absolute atomic E-state index is 0.109. The molecule has 0 spiro atoms. The molecule has 7 heteroatoms. The molecule has 7 nitrogen and oxygen atoms in total. The molecule has 2 aromatic carbocycles. The largest absolute Gasteiger partial charge is 0.497 e. The Bertz CT molecular complexity index is 1000. The molecule has 4 rings (SSSR count). The van der Waals surface area contributed by atoms with Crippen LogP contribution < -0.4 is 14.2 Å². The van der Waals surface area contributed by atoms with Crippen LogP contribution in [0.3, 0.4) is 0 Å². The van der Waals surface area contributed by atoms with Gasteiger partial charge in [0, 0.05) is 57.4 Å². The SMILES string of the molecule is CCN(CC)C(=O)[C@@H]1CCCN(Cc2ccc3c(c2)CN(Cc2cc(OC)cc(OC)c2)CCO3)C1. The summed E-state index contributed by atoms with van der Waals surface area (Å²) < 4.78 is 17.0. The van der Waals surface area contributed by atoms with Gasteiger partial charge < -0.3 is 19.1 Å². The van der Waals surface area contributed by atoms with Crippen molar-refractivity contribution in [2.24, 2.45) is 5.92 Å². The zero-order valence-electron chi connectivity index (χ0n) is 22.3. The molecular weight excluding hydrogens is 454 g/mol. The molecule has 0 aliphatic carbocycles. The van der Waals surface area contributed by atoms with Crippen molar-refractivity contribution in [3.05, 3.63) is 53.1 Å². The van der Waals surface area contributed by atoms with Gasteiger partial charge >= 0.3 is 0 Å². The number of hydrogen-bond acceptors (Lipinski definition) is 6. The van der Waals surface area contributed by atoms with Gasteiger partial charge in [0.15, 0.2) is 0 Å². The number of nitrogens with zero attached hydrogens (tertiary/aromatic N) is 3. The van der Waals surface area contributed by atoms with Crippen molar-refractivity contribution in [1.29, 1.82) is 0 Å². The second-order valence-electron chi connectivity index (χ2n) is 9.81. The lowest BCUT2D eigenvalue weighted by Crippen LogP contribution is -2.44. The average Bonchev–Trinajstić information content (AvgIpc) is 3.10. The highest BCUT2D eigenvalue weighted by Gasteiger charge is 2.28. The molecule has 0 saturated carbocycles. The third kappa shape index (κ3) is 6.51. The molecule has 2 aliphatic rings. The van der Waals surface area contributed by atoms with Crippen LogP contribution in [0.2, 0.25) is 0 Å². The molecule has 2 heterocycles. The fourth-order valence-corrected chi connectivity index (χ4v) is 5.40. The number of hydrogen-bond donors (Lipinski definition) is 0. The normalized spacial score (nSPS) is 18.6. The van der Waals surface area contributed by atoms with Gasteiger partial charge in [0.1, 0.15) is 23.9 Å². The predicted molar refractivity (Wildman–Crippen MR) is 142 cm³/mol. The third-order valence-electron chi connectivity index (χ3n) is 7.34. The smallest absolute Gasteiger partial charge is 0.226 e. The Balaban J connectivity index is 1.43. The first-order chi connectivity index (χ1) is 17.5. The van der Waals surface area contributed by atoms with Crippen LogP contribution in [0, 0.1) is 5.92 Å². The van der Waals surface area contributed by atoms with E-state index in [4.69, 9.17) is 14.2 Å². The zero-order chi connectivity index (χ0) is 25.5. The Hall–Kier alpha value is -2.77. The maximum Gasteiger partial charge on any atom is 0.226 e. The molecule has 1 fully saturated rings. The van der Waals surface area contributed by atoms with Crippen LogP contribution in [0.25, 0.3) is 0 Å². The Labute approximate surface area is 215 Å². The van der Waals surface area contributed by atoms with Crippen LogP contribution in [0.1, 0.15) is 43.4 Å². The summed E-state index contributed by atoms with van der Waals surface area (Å²) in [6, 6.07) is 12.6. The Kier molecular flexibility index (Phi) is 9.10. The fourth-order valence-electron chi connectivity index (χ4n) is 5.40. The summed E-state index contributed by atoms with van der Waals surface area (Å²) in [5, 5.41) is 0. The van der Waals surface area contributed by atoms with Crippen LogP contribution in [-0.4, -0.2) is 74.2 Å². The van der Waals surface area contributed by atoms with Crippen molar-refractivity contribution >= 4 is 5.91 Å². The Morgan fingerprint density at radius 1 is 0.972 bits per heavy atom. The number of fused-ring (bicyclic) bond motifs is 1. The predicted octanol–water partition coefficient (Wildman–Crippen LogP) is 4.18. The molecule has 196 valence electrons. The van der Waals surface area contributed by atoms with E-state index >= 15 is 0 Å². The molecule has 0 aromatic heterocycles. The highest BCUT2D eigenvalue weighted by atomic mass is 16.5. The molecule has 1 saturated heterocycles. The summed E-state index contributed by atoms with van der Waals surface area (Å²) in [4.78, 5) is 19.7. The van der Waals surface area contributed by atoms with Crippen molar-refractivity contribution in [2.45, 2.75) is 46.3 Å². The first kappa shape index (κ1) is 26.3. The summed E-state index contributed by atoms with van der Waals surface area (Å²) in [6.45, 7) is 11.6. The summed E-state index contributed by atoms with van der Waals surface area (Å²) in [5.74, 6) is 3.00. The second-order valence-corrected chi connectivity index (χ2v) is 9.81. The first-order valence-corrected chi connectivity index (χ1v) is 13.2. The summed E-state index contributed by atoms with van der Waals surface area (Å²) in [6.07, 6.45) is 2.07. The molecular formula is C29H41N3O4. The van der Waals surface area contributed by atoms with E-state index in [1.54, 1.807) is 14.2 Å². The van der Waals surface area contributed by atoms with Crippen molar-refractivity contribution in [3.63, 3.8) is 0 Å². The molecule has 0 radical (unpaired) electrons. The lowest BCUT2D eigenvalue weighted by atomic mass is 9.95. The minimum atomic E-state index is 0.109. The summed E-state index contributed by atoms with van der Waals surface area (Å²) in [7, 11) is 3.36. The molecule has 0 unspecified atom stereocenters. The number of rotatable bonds is 9. The van der Waals surface area contributed by atoms with Gasteiger partial charge in [0.25, 0.3) is 0 Å². The topological polar surface area (TPSA) is 54.5 Å². The van der Waals surface area contributed by atoms with Crippen molar-refractivity contribution in [1.82, 2.24) is 14.7 Å². The van der Waals surface area contributed by atoms with Gasteiger partial charge in [0.05, 0.1) is 20.1 Å². The number of carbonyl (C=O) groups is 1. The number of carbonyl (C=O) groups excluding carboxylic acids is 1. The van der Waals surface area contributed by atoms with Gasteiger partial charge in [-0.2, -0.15) is 0 Å². The standard InChI is InChI=1S/C29H41N3O4/c1-5-32(6-2)29(33)24-8-7-11-30(20-24)18-22-9-10-28-25(14-22)21-31(12-13-36-28)19-23-15-26(34-3)17-27(16-23)35-4/h9-10,14-17,24H,5-8,11-13,18-21H2,1-4H3/t24-/m1/s1. The van der Waals surface area contributed by atoms with E-state index in [2.05, 4.69) is 54.0 Å². The second kappa shape index (κ2) is 12.5. The van der Waals surface area contributed by atoms with Gasteiger partial charge in [-0.3, -0.25) is 14.6 Å². The van der Waals surface area contributed by atoms with E-state index in [0.717, 1.165) is 88.0 Å². The molecule has 0 bridgehead atoms. The van der Waals surface area contributed by atoms with E-state index in [9.17, 15) is 4.79 Å². The van der Waals surface area contributed by atoms with Crippen LogP contribution in [0.4, 0.5) is 0 Å². The van der Waals surface area contributed by atoms with E-state index in [1.807, 2.05) is 11.0 Å². The number of amides is 1. The molecule has 0 N–H and O–H groups in total. The molecule has 1 atom stereocenters. The minimum Gasteiger partial charge on any atom is -0.497 e. The zero-order valence-corrected chi connectivity index (χ0v) is 22.3.